The van der Waals surface area contributed by atoms with Gasteiger partial charge in [-0.15, -0.1) is 0 Å². The third kappa shape index (κ3) is 4.18. The fourth-order valence-corrected chi connectivity index (χ4v) is 3.78. The number of imidazole rings is 1. The van der Waals surface area contributed by atoms with Crippen LogP contribution in [0.1, 0.15) is 6.42 Å². The summed E-state index contributed by atoms with van der Waals surface area (Å²) in [5.74, 6) is 1.09. The number of hydrogen-bond acceptors (Lipinski definition) is 6. The Morgan fingerprint density at radius 1 is 1.14 bits per heavy atom. The number of aryl methyl sites for hydroxylation is 1. The number of rotatable bonds is 7. The molecule has 1 fully saturated rings. The van der Waals surface area contributed by atoms with Gasteiger partial charge in [-0.05, 0) is 30.7 Å². The predicted octanol–water partition coefficient (Wildman–Crippen LogP) is 2.66. The van der Waals surface area contributed by atoms with Crippen LogP contribution in [0, 0.1) is 0 Å². The number of hydrogen-bond donors (Lipinski definition) is 2. The Morgan fingerprint density at radius 3 is 2.72 bits per heavy atom. The Kier molecular flexibility index (Phi) is 5.91. The summed E-state index contributed by atoms with van der Waals surface area (Å²) >= 11 is 6.18. The summed E-state index contributed by atoms with van der Waals surface area (Å²) in [6.07, 6.45) is -0.840. The molecule has 0 aliphatic carbocycles. The van der Waals surface area contributed by atoms with Gasteiger partial charge in [0.2, 0.25) is 0 Å². The lowest BCUT2D eigenvalue weighted by atomic mass is 10.1. The van der Waals surface area contributed by atoms with Gasteiger partial charge in [0.15, 0.2) is 0 Å². The lowest BCUT2D eigenvalue weighted by molar-refractivity contribution is -0.0194. The number of aromatic nitrogens is 2. The van der Waals surface area contributed by atoms with Crippen LogP contribution in [0.2, 0.25) is 5.02 Å². The summed E-state index contributed by atoms with van der Waals surface area (Å²) in [7, 11) is 1.56. The molecule has 0 amide bonds. The summed E-state index contributed by atoms with van der Waals surface area (Å²) in [4.78, 5) is 4.37. The van der Waals surface area contributed by atoms with Gasteiger partial charge in [-0.2, -0.15) is 0 Å². The van der Waals surface area contributed by atoms with Gasteiger partial charge in [0, 0.05) is 12.6 Å². The van der Waals surface area contributed by atoms with Crippen molar-refractivity contribution >= 4 is 22.6 Å². The largest absolute Gasteiger partial charge is 0.497 e. The van der Waals surface area contributed by atoms with Crippen molar-refractivity contribution in [2.45, 2.75) is 37.4 Å². The highest BCUT2D eigenvalue weighted by Gasteiger charge is 2.42. The fraction of sp³-hybridized carbons (Fsp3) is 0.381. The SMILES string of the molecule is COc1ccc(OC[C@H]2O[C@@H](CCn3cnc4ccccc43)[C@@H](O)[C@H]2O)c(Cl)c1. The number of nitrogens with zero attached hydrogens (tertiary/aromatic N) is 2. The molecule has 0 spiro atoms. The van der Waals surface area contributed by atoms with Crippen LogP contribution in [-0.4, -0.2) is 57.9 Å². The van der Waals surface area contributed by atoms with Crippen LogP contribution in [-0.2, 0) is 11.3 Å². The second-order valence-electron chi connectivity index (χ2n) is 7.02. The minimum Gasteiger partial charge on any atom is -0.497 e. The monoisotopic (exact) mass is 418 g/mol. The van der Waals surface area contributed by atoms with Crippen LogP contribution in [0.25, 0.3) is 11.0 Å². The Balaban J connectivity index is 1.35. The Labute approximate surface area is 173 Å². The number of aliphatic hydroxyl groups excluding tert-OH is 2. The Bertz CT molecular complexity index is 979. The average molecular weight is 419 g/mol. The second kappa shape index (κ2) is 8.59. The normalized spacial score (nSPS) is 24.1. The molecule has 154 valence electrons. The second-order valence-corrected chi connectivity index (χ2v) is 7.42. The van der Waals surface area contributed by atoms with Crippen LogP contribution in [0.15, 0.2) is 48.8 Å². The highest BCUT2D eigenvalue weighted by Crippen LogP contribution is 2.30. The van der Waals surface area contributed by atoms with E-state index in [1.165, 1.54) is 0 Å². The molecule has 0 unspecified atom stereocenters. The van der Waals surface area contributed by atoms with E-state index in [2.05, 4.69) is 4.98 Å². The number of aliphatic hydroxyl groups is 2. The molecule has 1 aliphatic rings. The third-order valence-electron chi connectivity index (χ3n) is 5.19. The molecule has 4 atom stereocenters. The summed E-state index contributed by atoms with van der Waals surface area (Å²) in [6.45, 7) is 0.696. The maximum absolute atomic E-state index is 10.4. The first-order chi connectivity index (χ1) is 14.1. The molecule has 0 saturated carbocycles. The summed E-state index contributed by atoms with van der Waals surface area (Å²) in [5.41, 5.74) is 1.94. The molecule has 1 aliphatic heterocycles. The summed E-state index contributed by atoms with van der Waals surface area (Å²) < 4.78 is 18.7. The Morgan fingerprint density at radius 2 is 1.93 bits per heavy atom. The molecule has 3 aromatic rings. The zero-order valence-electron chi connectivity index (χ0n) is 15.9. The smallest absolute Gasteiger partial charge is 0.138 e. The van der Waals surface area contributed by atoms with Crippen molar-refractivity contribution in [3.63, 3.8) is 0 Å². The van der Waals surface area contributed by atoms with Gasteiger partial charge in [-0.25, -0.2) is 4.98 Å². The van der Waals surface area contributed by atoms with E-state index in [-0.39, 0.29) is 6.61 Å². The Hall–Kier alpha value is -2.32. The predicted molar refractivity (Wildman–Crippen MR) is 109 cm³/mol. The molecule has 29 heavy (non-hydrogen) atoms. The van der Waals surface area contributed by atoms with Gasteiger partial charge in [-0.3, -0.25) is 0 Å². The number of methoxy groups -OCH3 is 1. The van der Waals surface area contributed by atoms with Crippen molar-refractivity contribution in [3.05, 3.63) is 53.8 Å². The molecule has 8 heteroatoms. The van der Waals surface area contributed by atoms with Gasteiger partial charge in [0.1, 0.15) is 36.4 Å². The van der Waals surface area contributed by atoms with Crippen molar-refractivity contribution < 1.29 is 24.4 Å². The number of ether oxygens (including phenoxy) is 3. The van der Waals surface area contributed by atoms with E-state index in [9.17, 15) is 10.2 Å². The van der Waals surface area contributed by atoms with Gasteiger partial charge in [0.05, 0.1) is 35.6 Å². The number of fused-ring (bicyclic) bond motifs is 1. The van der Waals surface area contributed by atoms with Crippen molar-refractivity contribution in [1.82, 2.24) is 9.55 Å². The zero-order valence-corrected chi connectivity index (χ0v) is 16.7. The van der Waals surface area contributed by atoms with Crippen LogP contribution in [0.5, 0.6) is 11.5 Å². The zero-order chi connectivity index (χ0) is 20.4. The molecule has 7 nitrogen and oxygen atoms in total. The first-order valence-electron chi connectivity index (χ1n) is 9.44. The van der Waals surface area contributed by atoms with Gasteiger partial charge in [-0.1, -0.05) is 23.7 Å². The van der Waals surface area contributed by atoms with Crippen LogP contribution in [0.3, 0.4) is 0 Å². The van der Waals surface area contributed by atoms with E-state index in [4.69, 9.17) is 25.8 Å². The lowest BCUT2D eigenvalue weighted by Gasteiger charge is -2.16. The molecule has 1 aromatic heterocycles. The van der Waals surface area contributed by atoms with E-state index >= 15 is 0 Å². The van der Waals surface area contributed by atoms with E-state index in [0.29, 0.717) is 29.5 Å². The van der Waals surface area contributed by atoms with Crippen LogP contribution < -0.4 is 9.47 Å². The standard InChI is InChI=1S/C21H23ClN2O5/c1-27-13-6-7-17(14(22)10-13)28-11-19-21(26)20(25)18(29-19)8-9-24-12-23-15-4-2-3-5-16(15)24/h2-7,10,12,18-21,25-26H,8-9,11H2,1H3/t18-,19+,20+,21-/m0/s1. The average Bonchev–Trinajstić information content (AvgIpc) is 3.27. The summed E-state index contributed by atoms with van der Waals surface area (Å²) in [6, 6.07) is 12.9. The molecule has 2 N–H and O–H groups in total. The van der Waals surface area contributed by atoms with Crippen molar-refractivity contribution in [2.24, 2.45) is 0 Å². The van der Waals surface area contributed by atoms with E-state index in [1.54, 1.807) is 31.6 Å². The number of benzene rings is 2. The third-order valence-corrected chi connectivity index (χ3v) is 5.48. The minimum atomic E-state index is -1.03. The lowest BCUT2D eigenvalue weighted by Crippen LogP contribution is -2.35. The van der Waals surface area contributed by atoms with Gasteiger partial charge in [0.25, 0.3) is 0 Å². The van der Waals surface area contributed by atoms with E-state index in [1.807, 2.05) is 28.8 Å². The van der Waals surface area contributed by atoms with Crippen molar-refractivity contribution in [1.29, 1.82) is 0 Å². The molecule has 4 rings (SSSR count). The number of halogens is 1. The van der Waals surface area contributed by atoms with Crippen molar-refractivity contribution in [2.75, 3.05) is 13.7 Å². The maximum Gasteiger partial charge on any atom is 0.138 e. The number of para-hydroxylation sites is 2. The minimum absolute atomic E-state index is 0.0782. The highest BCUT2D eigenvalue weighted by atomic mass is 35.5. The van der Waals surface area contributed by atoms with Gasteiger partial charge < -0.3 is 29.0 Å². The molecule has 2 heterocycles. The quantitative estimate of drug-likeness (QED) is 0.613. The fourth-order valence-electron chi connectivity index (χ4n) is 3.55. The molecular weight excluding hydrogens is 396 g/mol. The summed E-state index contributed by atoms with van der Waals surface area (Å²) in [5, 5.41) is 21.2. The molecule has 2 aromatic carbocycles. The molecule has 1 saturated heterocycles. The van der Waals surface area contributed by atoms with Crippen molar-refractivity contribution in [3.8, 4) is 11.5 Å². The molecule has 0 radical (unpaired) electrons. The topological polar surface area (TPSA) is 86.0 Å². The van der Waals surface area contributed by atoms with E-state index < -0.39 is 24.4 Å². The highest BCUT2D eigenvalue weighted by molar-refractivity contribution is 6.32. The van der Waals surface area contributed by atoms with Gasteiger partial charge >= 0.3 is 0 Å². The first-order valence-corrected chi connectivity index (χ1v) is 9.82. The maximum atomic E-state index is 10.4. The van der Waals surface area contributed by atoms with E-state index in [0.717, 1.165) is 11.0 Å². The molecule has 0 bridgehead atoms. The first kappa shape index (κ1) is 20.0. The van der Waals surface area contributed by atoms with Crippen LogP contribution in [0.4, 0.5) is 0 Å². The molecular formula is C21H23ClN2O5. The van der Waals surface area contributed by atoms with Crippen LogP contribution >= 0.6 is 11.6 Å².